The molecule has 0 unspecified atom stereocenters. The maximum Gasteiger partial charge on any atom is 0.252 e. The lowest BCUT2D eigenvalue weighted by molar-refractivity contribution is 0.0943. The highest BCUT2D eigenvalue weighted by Crippen LogP contribution is 2.32. The van der Waals surface area contributed by atoms with Crippen LogP contribution in [0.1, 0.15) is 76.9 Å². The Hall–Kier alpha value is -10.5. The van der Waals surface area contributed by atoms with Crippen LogP contribution < -0.4 is 16.4 Å². The van der Waals surface area contributed by atoms with E-state index in [4.69, 9.17) is 15.7 Å². The molecule has 0 aliphatic heterocycles. The molecule has 3 heterocycles. The van der Waals surface area contributed by atoms with Crippen LogP contribution in [-0.4, -0.2) is 32.7 Å². The van der Waals surface area contributed by atoms with Crippen LogP contribution in [0.15, 0.2) is 243 Å². The van der Waals surface area contributed by atoms with E-state index in [-0.39, 0.29) is 17.6 Å². The minimum atomic E-state index is -0.418. The van der Waals surface area contributed by atoms with Crippen molar-refractivity contribution >= 4 is 50.4 Å². The van der Waals surface area contributed by atoms with Gasteiger partial charge in [0.1, 0.15) is 5.82 Å². The van der Waals surface area contributed by atoms with E-state index in [0.717, 1.165) is 101 Å². The Bertz CT molecular complexity index is 4220. The lowest BCUT2D eigenvalue weighted by Crippen LogP contribution is -2.24. The number of aromatic nitrogens is 3. The van der Waals surface area contributed by atoms with E-state index in [1.165, 1.54) is 23.3 Å². The zero-order valence-corrected chi connectivity index (χ0v) is 47.7. The molecule has 0 saturated heterocycles. The summed E-state index contributed by atoms with van der Waals surface area (Å²) in [4.78, 5) is 52.3. The highest BCUT2D eigenvalue weighted by atomic mass is 19.1. The molecule has 416 valence electrons. The molecule has 12 aromatic rings. The van der Waals surface area contributed by atoms with Gasteiger partial charge in [0.15, 0.2) is 0 Å². The van der Waals surface area contributed by atoms with Crippen molar-refractivity contribution in [3.05, 3.63) is 304 Å². The van der Waals surface area contributed by atoms with Crippen LogP contribution in [0.4, 0.5) is 4.39 Å². The molecule has 84 heavy (non-hydrogen) atoms. The van der Waals surface area contributed by atoms with Gasteiger partial charge in [-0.25, -0.2) is 19.3 Å². The molecular formula is C74H65FN6O3. The maximum absolute atomic E-state index is 13.1. The van der Waals surface area contributed by atoms with Gasteiger partial charge in [-0.3, -0.25) is 14.4 Å². The van der Waals surface area contributed by atoms with Gasteiger partial charge in [0.25, 0.3) is 11.8 Å². The normalized spacial score (nSPS) is 10.6. The number of pyridine rings is 3. The van der Waals surface area contributed by atoms with E-state index in [9.17, 15) is 18.8 Å². The van der Waals surface area contributed by atoms with Crippen LogP contribution in [0.3, 0.4) is 0 Å². The monoisotopic (exact) mass is 1100 g/mol. The zero-order chi connectivity index (χ0) is 59.0. The highest BCUT2D eigenvalue weighted by molar-refractivity contribution is 6.10. The van der Waals surface area contributed by atoms with Crippen molar-refractivity contribution < 1.29 is 18.8 Å². The second kappa shape index (κ2) is 27.8. The first-order valence-corrected chi connectivity index (χ1v) is 27.9. The number of primary amides is 1. The van der Waals surface area contributed by atoms with E-state index in [1.54, 1.807) is 12.1 Å². The van der Waals surface area contributed by atoms with Crippen LogP contribution in [0.5, 0.6) is 0 Å². The first-order valence-electron chi connectivity index (χ1n) is 27.9. The number of carbonyl (C=O) groups is 3. The molecule has 0 aliphatic rings. The van der Waals surface area contributed by atoms with Crippen LogP contribution in [-0.2, 0) is 19.5 Å². The Kier molecular flexibility index (Phi) is 19.3. The average molecular weight is 1110 g/mol. The van der Waals surface area contributed by atoms with Gasteiger partial charge in [0.05, 0.1) is 50.3 Å². The second-order valence-electron chi connectivity index (χ2n) is 20.2. The molecule has 3 aromatic heterocycles. The fraction of sp³-hybridized carbons (Fsp3) is 0.108. The molecule has 0 fully saturated rings. The molecule has 0 saturated carbocycles. The third-order valence-electron chi connectivity index (χ3n) is 14.4. The standard InChI is InChI=1S/C24H19FN2O.C24H20N2O.C17H14N2O.C9H12/c1-16-22(24(28)26-15-17-11-13-19(25)14-12-17)20-9-5-6-10-21(20)27-23(16)18-7-3-2-4-8-18;1-17-22(24(27)25-16-18-10-4-2-5-11-18)20-14-8-9-15-21(20)26-23(17)19-12-6-3-7-13-19;1-11-15(17(18)20)13-9-5-6-10-14(13)19-16(11)12-7-3-2-4-8-12;1-3-9-6-4-8(2)5-7-9/h2-14H,15H2,1H3,(H,26,28);2-15H,16H2,1H3,(H,25,27);2-10H,1H3,(H2,18,20);4-7H,3H2,1-2H3. The van der Waals surface area contributed by atoms with Crippen molar-refractivity contribution in [2.24, 2.45) is 5.73 Å². The summed E-state index contributed by atoms with van der Waals surface area (Å²) in [5.74, 6) is -0.957. The van der Waals surface area contributed by atoms with Gasteiger partial charge in [0, 0.05) is 45.9 Å². The molecular weight excluding hydrogens is 1040 g/mol. The van der Waals surface area contributed by atoms with Gasteiger partial charge in [-0.05, 0) is 97.8 Å². The van der Waals surface area contributed by atoms with Gasteiger partial charge < -0.3 is 16.4 Å². The van der Waals surface area contributed by atoms with Crippen LogP contribution in [0, 0.1) is 33.5 Å². The van der Waals surface area contributed by atoms with Crippen molar-refractivity contribution in [2.75, 3.05) is 0 Å². The Morgan fingerprint density at radius 2 is 0.690 bits per heavy atom. The van der Waals surface area contributed by atoms with Gasteiger partial charge in [-0.1, -0.05) is 225 Å². The van der Waals surface area contributed by atoms with Crippen LogP contribution >= 0.6 is 0 Å². The van der Waals surface area contributed by atoms with Gasteiger partial charge in [-0.15, -0.1) is 0 Å². The lowest BCUT2D eigenvalue weighted by atomic mass is 9.97. The van der Waals surface area contributed by atoms with Crippen LogP contribution in [0.2, 0.25) is 0 Å². The summed E-state index contributed by atoms with van der Waals surface area (Å²) in [6.07, 6.45) is 1.14. The molecule has 0 spiro atoms. The molecule has 0 radical (unpaired) electrons. The smallest absolute Gasteiger partial charge is 0.252 e. The van der Waals surface area contributed by atoms with E-state index < -0.39 is 5.91 Å². The number of nitrogens with zero attached hydrogens (tertiary/aromatic N) is 3. The third-order valence-corrected chi connectivity index (χ3v) is 14.4. The Morgan fingerprint density at radius 1 is 0.381 bits per heavy atom. The predicted octanol–water partition coefficient (Wildman–Crippen LogP) is 16.3. The van der Waals surface area contributed by atoms with E-state index in [0.29, 0.717) is 29.8 Å². The van der Waals surface area contributed by atoms with Gasteiger partial charge in [0.2, 0.25) is 5.91 Å². The minimum Gasteiger partial charge on any atom is -0.366 e. The summed E-state index contributed by atoms with van der Waals surface area (Å²) in [5, 5.41) is 8.51. The fourth-order valence-electron chi connectivity index (χ4n) is 10.0. The lowest BCUT2D eigenvalue weighted by Gasteiger charge is -2.15. The fourth-order valence-corrected chi connectivity index (χ4v) is 10.0. The number of carbonyl (C=O) groups excluding carboxylic acids is 3. The number of para-hydroxylation sites is 3. The molecule has 0 atom stereocenters. The molecule has 9 aromatic carbocycles. The Labute approximate surface area is 490 Å². The molecule has 12 rings (SSSR count). The van der Waals surface area contributed by atoms with Crippen molar-refractivity contribution in [1.82, 2.24) is 25.6 Å². The maximum atomic E-state index is 13.1. The number of hydrogen-bond acceptors (Lipinski definition) is 6. The molecule has 0 aliphatic carbocycles. The topological polar surface area (TPSA) is 140 Å². The number of hydrogen-bond donors (Lipinski definition) is 3. The Morgan fingerprint density at radius 3 is 1.06 bits per heavy atom. The van der Waals surface area contributed by atoms with E-state index in [1.807, 2.05) is 215 Å². The van der Waals surface area contributed by atoms with Gasteiger partial charge in [-0.2, -0.15) is 0 Å². The number of rotatable bonds is 11. The zero-order valence-electron chi connectivity index (χ0n) is 47.7. The second-order valence-corrected chi connectivity index (χ2v) is 20.2. The van der Waals surface area contributed by atoms with E-state index >= 15 is 0 Å². The first kappa shape index (κ1) is 58.2. The van der Waals surface area contributed by atoms with Crippen molar-refractivity contribution in [3.8, 4) is 33.8 Å². The highest BCUT2D eigenvalue weighted by Gasteiger charge is 2.21. The number of halogens is 1. The van der Waals surface area contributed by atoms with E-state index in [2.05, 4.69) is 53.7 Å². The van der Waals surface area contributed by atoms with Crippen LogP contribution in [0.25, 0.3) is 66.5 Å². The summed E-state index contributed by atoms with van der Waals surface area (Å²) >= 11 is 0. The van der Waals surface area contributed by atoms with Gasteiger partial charge >= 0.3 is 0 Å². The minimum absolute atomic E-state index is 0.0767. The number of aryl methyl sites for hydroxylation is 2. The number of benzene rings is 9. The van der Waals surface area contributed by atoms with Crippen molar-refractivity contribution in [1.29, 1.82) is 0 Å². The van der Waals surface area contributed by atoms with Crippen molar-refractivity contribution in [2.45, 2.75) is 54.1 Å². The quantitative estimate of drug-likeness (QED) is 0.118. The molecule has 3 amide bonds. The summed E-state index contributed by atoms with van der Waals surface area (Å²) < 4.78 is 13.1. The SMILES string of the molecule is CCc1ccc(C)cc1.Cc1c(-c2ccccc2)nc2ccccc2c1C(=O)NCc1ccc(F)cc1.Cc1c(-c2ccccc2)nc2ccccc2c1C(=O)NCc1ccccc1.Cc1c(-c2ccccc2)nc2ccccc2c1C(N)=O. The summed E-state index contributed by atoms with van der Waals surface area (Å²) in [6.45, 7) is 10.9. The number of nitrogens with one attached hydrogen (secondary N) is 2. The molecule has 4 N–H and O–H groups in total. The number of amides is 3. The molecule has 10 heteroatoms. The summed E-state index contributed by atoms with van der Waals surface area (Å²) in [6, 6.07) is 77.4. The summed E-state index contributed by atoms with van der Waals surface area (Å²) in [5.41, 5.74) is 22.4. The average Bonchev–Trinajstić information content (AvgIpc) is 3.03. The van der Waals surface area contributed by atoms with Crippen molar-refractivity contribution in [3.63, 3.8) is 0 Å². The Balaban J connectivity index is 0.000000142. The number of nitrogens with two attached hydrogens (primary N) is 1. The first-order chi connectivity index (χ1) is 40.9. The largest absolute Gasteiger partial charge is 0.366 e. The molecule has 0 bridgehead atoms. The summed E-state index contributed by atoms with van der Waals surface area (Å²) in [7, 11) is 0. The molecule has 9 nitrogen and oxygen atoms in total. The number of fused-ring (bicyclic) bond motifs is 3. The third kappa shape index (κ3) is 14.2. The predicted molar refractivity (Wildman–Crippen MR) is 340 cm³/mol.